The van der Waals surface area contributed by atoms with Crippen LogP contribution in [-0.2, 0) is 11.3 Å². The average molecular weight is 489 g/mol. The Balaban J connectivity index is 1.43. The molecule has 0 aliphatic heterocycles. The molecule has 1 fully saturated rings. The Morgan fingerprint density at radius 3 is 2.59 bits per heavy atom. The Bertz CT molecular complexity index is 1240. The highest BCUT2D eigenvalue weighted by molar-refractivity contribution is 6.30. The third-order valence-corrected chi connectivity index (χ3v) is 6.19. The van der Waals surface area contributed by atoms with Gasteiger partial charge in [0.2, 0.25) is 0 Å². The van der Waals surface area contributed by atoms with Crippen molar-refractivity contribution in [1.29, 1.82) is 0 Å². The molecule has 1 aliphatic carbocycles. The molecule has 178 valence electrons. The number of carboxylic acid groups (broad SMARTS) is 1. The maximum Gasteiger partial charge on any atom is 0.306 e. The minimum atomic E-state index is -0.777. The Morgan fingerprint density at radius 1 is 1.12 bits per heavy atom. The quantitative estimate of drug-likeness (QED) is 0.464. The lowest BCUT2D eigenvalue weighted by Gasteiger charge is -2.26. The minimum absolute atomic E-state index is 0.0270. The summed E-state index contributed by atoms with van der Waals surface area (Å²) in [7, 11) is 0. The first-order valence-corrected chi connectivity index (χ1v) is 11.1. The Labute approximate surface area is 198 Å². The summed E-state index contributed by atoms with van der Waals surface area (Å²) >= 11 is 5.77. The molecule has 1 aromatic carbocycles. The van der Waals surface area contributed by atoms with Crippen molar-refractivity contribution in [2.75, 3.05) is 6.54 Å². The van der Waals surface area contributed by atoms with E-state index in [1.807, 2.05) is 0 Å². The number of nitrogens with one attached hydrogen (secondary N) is 2. The topological polar surface area (TPSA) is 139 Å². The predicted octanol–water partition coefficient (Wildman–Crippen LogP) is 2.47. The lowest BCUT2D eigenvalue weighted by molar-refractivity contribution is -0.143. The number of hydrogen-bond donors (Lipinski definition) is 3. The van der Waals surface area contributed by atoms with Crippen molar-refractivity contribution in [2.24, 2.45) is 11.8 Å². The number of carboxylic acids is 1. The van der Waals surface area contributed by atoms with Crippen LogP contribution in [0.15, 0.2) is 30.6 Å². The third-order valence-electron chi connectivity index (χ3n) is 5.90. The van der Waals surface area contributed by atoms with E-state index in [4.69, 9.17) is 16.7 Å². The summed E-state index contributed by atoms with van der Waals surface area (Å²) in [5.41, 5.74) is 0.663. The first-order valence-electron chi connectivity index (χ1n) is 10.8. The summed E-state index contributed by atoms with van der Waals surface area (Å²) in [6.45, 7) is 0.468. The Morgan fingerprint density at radius 2 is 1.88 bits per heavy atom. The van der Waals surface area contributed by atoms with Gasteiger partial charge in [-0.25, -0.2) is 9.37 Å². The normalized spacial score (nSPS) is 17.9. The molecule has 0 radical (unpaired) electrons. The SMILES string of the molecule is O=C(NCc1ccc(F)c(Cl)c1)c1cc(C(=O)NCC2CCC(C(=O)O)CC2)n2ncnc2n1. The molecule has 0 spiro atoms. The Hall–Kier alpha value is -3.60. The second-order valence-electron chi connectivity index (χ2n) is 8.20. The van der Waals surface area contributed by atoms with Crippen LogP contribution in [0.5, 0.6) is 0 Å². The molecule has 2 heterocycles. The van der Waals surface area contributed by atoms with Crippen LogP contribution in [0.1, 0.15) is 52.2 Å². The molecule has 34 heavy (non-hydrogen) atoms. The highest BCUT2D eigenvalue weighted by atomic mass is 35.5. The van der Waals surface area contributed by atoms with Crippen LogP contribution >= 0.6 is 11.6 Å². The van der Waals surface area contributed by atoms with Crippen molar-refractivity contribution in [3.63, 3.8) is 0 Å². The average Bonchev–Trinajstić information content (AvgIpc) is 3.31. The number of hydrogen-bond acceptors (Lipinski definition) is 6. The molecule has 1 aliphatic rings. The van der Waals surface area contributed by atoms with Crippen LogP contribution in [0, 0.1) is 17.7 Å². The van der Waals surface area contributed by atoms with Gasteiger partial charge in [0.25, 0.3) is 17.6 Å². The molecule has 10 nitrogen and oxygen atoms in total. The van der Waals surface area contributed by atoms with Crippen molar-refractivity contribution in [3.05, 3.63) is 58.4 Å². The van der Waals surface area contributed by atoms with Gasteiger partial charge in [-0.3, -0.25) is 14.4 Å². The fraction of sp³-hybridized carbons (Fsp3) is 0.364. The zero-order valence-corrected chi connectivity index (χ0v) is 18.8. The third kappa shape index (κ3) is 5.30. The number of rotatable bonds is 7. The summed E-state index contributed by atoms with van der Waals surface area (Å²) in [5, 5.41) is 18.6. The molecule has 3 N–H and O–H groups in total. The molecule has 3 aromatic rings. The van der Waals surface area contributed by atoms with Crippen molar-refractivity contribution >= 4 is 35.2 Å². The van der Waals surface area contributed by atoms with E-state index in [1.54, 1.807) is 0 Å². The van der Waals surface area contributed by atoms with Crippen LogP contribution in [0.25, 0.3) is 5.78 Å². The van der Waals surface area contributed by atoms with Gasteiger partial charge in [0.15, 0.2) is 0 Å². The van der Waals surface area contributed by atoms with Crippen molar-refractivity contribution in [1.82, 2.24) is 30.2 Å². The van der Waals surface area contributed by atoms with Crippen LogP contribution < -0.4 is 10.6 Å². The van der Waals surface area contributed by atoms with E-state index in [9.17, 15) is 18.8 Å². The van der Waals surface area contributed by atoms with Crippen LogP contribution in [0.2, 0.25) is 5.02 Å². The molecule has 2 aromatic heterocycles. The van der Waals surface area contributed by atoms with E-state index in [0.717, 1.165) is 0 Å². The molecule has 12 heteroatoms. The number of aromatic nitrogens is 4. The van der Waals surface area contributed by atoms with Crippen molar-refractivity contribution in [3.8, 4) is 0 Å². The maximum absolute atomic E-state index is 13.3. The number of halogens is 2. The van der Waals surface area contributed by atoms with Gasteiger partial charge in [0.1, 0.15) is 23.5 Å². The molecular formula is C22H22ClFN6O4. The zero-order valence-electron chi connectivity index (χ0n) is 18.0. The standard InChI is InChI=1S/C22H22ClFN6O4/c23-15-7-13(3-6-16(15)24)10-25-19(31)17-8-18(30-22(29-17)27-11-28-30)20(32)26-9-12-1-4-14(5-2-12)21(33)34/h3,6-8,11-12,14H,1-2,4-5,9-10H2,(H,25,31)(H,26,32)(H,33,34). The van der Waals surface area contributed by atoms with Gasteiger partial charge < -0.3 is 15.7 Å². The molecule has 0 atom stereocenters. The van der Waals surface area contributed by atoms with Gasteiger partial charge in [-0.2, -0.15) is 14.6 Å². The molecule has 1 saturated carbocycles. The first kappa shape index (κ1) is 23.6. The number of carbonyl (C=O) groups excluding carboxylic acids is 2. The fourth-order valence-corrected chi connectivity index (χ4v) is 4.16. The lowest BCUT2D eigenvalue weighted by Crippen LogP contribution is -2.34. The van der Waals surface area contributed by atoms with Crippen molar-refractivity contribution in [2.45, 2.75) is 32.2 Å². The van der Waals surface area contributed by atoms with Gasteiger partial charge in [-0.15, -0.1) is 0 Å². The van der Waals surface area contributed by atoms with Crippen LogP contribution in [0.3, 0.4) is 0 Å². The highest BCUT2D eigenvalue weighted by Gasteiger charge is 2.26. The number of benzene rings is 1. The summed E-state index contributed by atoms with van der Waals surface area (Å²) in [5.74, 6) is -2.39. The van der Waals surface area contributed by atoms with Gasteiger partial charge in [0, 0.05) is 19.2 Å². The number of fused-ring (bicyclic) bond motifs is 1. The van der Waals surface area contributed by atoms with Crippen LogP contribution in [0.4, 0.5) is 4.39 Å². The van der Waals surface area contributed by atoms with Gasteiger partial charge in [-0.1, -0.05) is 17.7 Å². The Kier molecular flexibility index (Phi) is 7.01. The number of nitrogens with zero attached hydrogens (tertiary/aromatic N) is 4. The van der Waals surface area contributed by atoms with E-state index in [1.165, 1.54) is 35.1 Å². The van der Waals surface area contributed by atoms with E-state index in [2.05, 4.69) is 25.7 Å². The number of amides is 2. The van der Waals surface area contributed by atoms with Crippen LogP contribution in [-0.4, -0.2) is 49.0 Å². The molecule has 4 rings (SSSR count). The smallest absolute Gasteiger partial charge is 0.306 e. The van der Waals surface area contributed by atoms with Gasteiger partial charge in [-0.05, 0) is 49.3 Å². The number of aliphatic carboxylic acids is 1. The highest BCUT2D eigenvalue weighted by Crippen LogP contribution is 2.28. The zero-order chi connectivity index (χ0) is 24.2. The minimum Gasteiger partial charge on any atom is -0.481 e. The summed E-state index contributed by atoms with van der Waals surface area (Å²) in [4.78, 5) is 44.8. The summed E-state index contributed by atoms with van der Waals surface area (Å²) < 4.78 is 14.6. The number of carbonyl (C=O) groups is 3. The maximum atomic E-state index is 13.3. The second-order valence-corrected chi connectivity index (χ2v) is 8.60. The van der Waals surface area contributed by atoms with E-state index in [0.29, 0.717) is 37.8 Å². The molecule has 2 amide bonds. The first-order chi connectivity index (χ1) is 16.3. The monoisotopic (exact) mass is 488 g/mol. The summed E-state index contributed by atoms with van der Waals surface area (Å²) in [6, 6.07) is 5.45. The van der Waals surface area contributed by atoms with E-state index < -0.39 is 23.6 Å². The molecule has 0 unspecified atom stereocenters. The molecule has 0 saturated heterocycles. The molecular weight excluding hydrogens is 467 g/mol. The van der Waals surface area contributed by atoms with Gasteiger partial charge in [0.05, 0.1) is 10.9 Å². The molecule has 0 bridgehead atoms. The van der Waals surface area contributed by atoms with E-state index >= 15 is 0 Å². The lowest BCUT2D eigenvalue weighted by atomic mass is 9.82. The summed E-state index contributed by atoms with van der Waals surface area (Å²) in [6.07, 6.45) is 3.83. The van der Waals surface area contributed by atoms with E-state index in [-0.39, 0.29) is 40.6 Å². The predicted molar refractivity (Wildman–Crippen MR) is 119 cm³/mol. The van der Waals surface area contributed by atoms with Crippen molar-refractivity contribution < 1.29 is 23.9 Å². The largest absolute Gasteiger partial charge is 0.481 e. The fourth-order valence-electron chi connectivity index (χ4n) is 3.95. The second kappa shape index (κ2) is 10.1. The van der Waals surface area contributed by atoms with Gasteiger partial charge >= 0.3 is 5.97 Å².